The predicted octanol–water partition coefficient (Wildman–Crippen LogP) is 3.71. The van der Waals surface area contributed by atoms with Crippen molar-refractivity contribution in [2.24, 2.45) is 0 Å². The van der Waals surface area contributed by atoms with Gasteiger partial charge in [0.2, 0.25) is 5.88 Å². The van der Waals surface area contributed by atoms with Crippen molar-refractivity contribution in [1.82, 2.24) is 4.90 Å². The van der Waals surface area contributed by atoms with Crippen LogP contribution in [0.2, 0.25) is 0 Å². The van der Waals surface area contributed by atoms with Crippen LogP contribution in [0.1, 0.15) is 39.5 Å². The third-order valence-electron chi connectivity index (χ3n) is 2.60. The zero-order chi connectivity index (χ0) is 12.5. The van der Waals surface area contributed by atoms with Gasteiger partial charge in [0.15, 0.2) is 0 Å². The molecule has 0 saturated carbocycles. The standard InChI is InChI=1S/C13H22N2O2/c1-3-5-9-15(10-6-4-2)13(16)14-12-8-7-11-17-12/h7-8,11H,3-6,9-10H2,1-2H3,(H,14,16). The molecule has 0 unspecified atom stereocenters. The summed E-state index contributed by atoms with van der Waals surface area (Å²) in [7, 11) is 0. The van der Waals surface area contributed by atoms with E-state index in [0.29, 0.717) is 5.88 Å². The Hall–Kier alpha value is -1.45. The fraction of sp³-hybridized carbons (Fsp3) is 0.615. The summed E-state index contributed by atoms with van der Waals surface area (Å²) >= 11 is 0. The summed E-state index contributed by atoms with van der Waals surface area (Å²) < 4.78 is 5.10. The lowest BCUT2D eigenvalue weighted by Gasteiger charge is -2.22. The SMILES string of the molecule is CCCCN(CCCC)C(=O)Nc1ccco1. The highest BCUT2D eigenvalue weighted by molar-refractivity contribution is 5.87. The van der Waals surface area contributed by atoms with Gasteiger partial charge in [0.1, 0.15) is 0 Å². The monoisotopic (exact) mass is 238 g/mol. The Bertz CT molecular complexity index is 301. The molecule has 4 nitrogen and oxygen atoms in total. The first-order valence-electron chi connectivity index (χ1n) is 6.37. The summed E-state index contributed by atoms with van der Waals surface area (Å²) in [6.07, 6.45) is 5.82. The second-order valence-electron chi connectivity index (χ2n) is 4.10. The summed E-state index contributed by atoms with van der Waals surface area (Å²) in [5.41, 5.74) is 0. The zero-order valence-corrected chi connectivity index (χ0v) is 10.7. The fourth-order valence-electron chi connectivity index (χ4n) is 1.55. The Labute approximate surface area is 103 Å². The van der Waals surface area contributed by atoms with Crippen LogP contribution in [0.15, 0.2) is 22.8 Å². The minimum atomic E-state index is -0.0677. The molecule has 17 heavy (non-hydrogen) atoms. The van der Waals surface area contributed by atoms with Gasteiger partial charge in [-0.05, 0) is 18.9 Å². The van der Waals surface area contributed by atoms with E-state index >= 15 is 0 Å². The summed E-state index contributed by atoms with van der Waals surface area (Å²) in [5, 5.41) is 2.76. The molecule has 1 N–H and O–H groups in total. The molecule has 0 aliphatic carbocycles. The fourth-order valence-corrected chi connectivity index (χ4v) is 1.55. The normalized spacial score (nSPS) is 10.2. The number of carbonyl (C=O) groups excluding carboxylic acids is 1. The molecular weight excluding hydrogens is 216 g/mol. The number of hydrogen-bond acceptors (Lipinski definition) is 2. The van der Waals surface area contributed by atoms with Crippen LogP contribution < -0.4 is 5.32 Å². The Balaban J connectivity index is 2.46. The van der Waals surface area contributed by atoms with Crippen LogP contribution >= 0.6 is 0 Å². The molecule has 1 heterocycles. The maximum absolute atomic E-state index is 12.0. The van der Waals surface area contributed by atoms with Crippen molar-refractivity contribution in [3.8, 4) is 0 Å². The smallest absolute Gasteiger partial charge is 0.324 e. The van der Waals surface area contributed by atoms with Gasteiger partial charge in [0.05, 0.1) is 6.26 Å². The third kappa shape index (κ3) is 4.93. The van der Waals surface area contributed by atoms with Gasteiger partial charge in [-0.25, -0.2) is 4.79 Å². The number of rotatable bonds is 7. The second-order valence-corrected chi connectivity index (χ2v) is 4.10. The highest BCUT2D eigenvalue weighted by Gasteiger charge is 2.13. The first-order chi connectivity index (χ1) is 8.27. The summed E-state index contributed by atoms with van der Waals surface area (Å²) in [6, 6.07) is 3.44. The topological polar surface area (TPSA) is 45.5 Å². The average Bonchev–Trinajstić information content (AvgIpc) is 2.82. The summed E-state index contributed by atoms with van der Waals surface area (Å²) in [6.45, 7) is 5.87. The maximum atomic E-state index is 12.0. The van der Waals surface area contributed by atoms with E-state index < -0.39 is 0 Å². The van der Waals surface area contributed by atoms with Crippen molar-refractivity contribution < 1.29 is 9.21 Å². The molecule has 4 heteroatoms. The molecule has 0 spiro atoms. The first kappa shape index (κ1) is 13.6. The van der Waals surface area contributed by atoms with Gasteiger partial charge in [0, 0.05) is 19.2 Å². The molecule has 0 fully saturated rings. The van der Waals surface area contributed by atoms with Crippen molar-refractivity contribution in [3.05, 3.63) is 18.4 Å². The highest BCUT2D eigenvalue weighted by Crippen LogP contribution is 2.09. The molecule has 0 bridgehead atoms. The molecule has 2 amide bonds. The van der Waals surface area contributed by atoms with Gasteiger partial charge < -0.3 is 9.32 Å². The van der Waals surface area contributed by atoms with Gasteiger partial charge in [-0.3, -0.25) is 5.32 Å². The van der Waals surface area contributed by atoms with E-state index in [9.17, 15) is 4.79 Å². The van der Waals surface area contributed by atoms with Crippen LogP contribution in [0.25, 0.3) is 0 Å². The van der Waals surface area contributed by atoms with Crippen LogP contribution in [-0.2, 0) is 0 Å². The van der Waals surface area contributed by atoms with Crippen molar-refractivity contribution in [2.45, 2.75) is 39.5 Å². The van der Waals surface area contributed by atoms with Crippen LogP contribution in [0, 0.1) is 0 Å². The number of unbranched alkanes of at least 4 members (excludes halogenated alkanes) is 2. The van der Waals surface area contributed by atoms with E-state index in [1.807, 2.05) is 4.90 Å². The van der Waals surface area contributed by atoms with Crippen molar-refractivity contribution >= 4 is 11.9 Å². The molecule has 0 radical (unpaired) electrons. The van der Waals surface area contributed by atoms with Crippen molar-refractivity contribution in [3.63, 3.8) is 0 Å². The quantitative estimate of drug-likeness (QED) is 0.787. The van der Waals surface area contributed by atoms with E-state index in [4.69, 9.17) is 4.42 Å². The maximum Gasteiger partial charge on any atom is 0.324 e. The molecule has 1 aromatic rings. The number of furan rings is 1. The number of hydrogen-bond donors (Lipinski definition) is 1. The molecule has 0 saturated heterocycles. The molecular formula is C13H22N2O2. The molecule has 1 rings (SSSR count). The van der Waals surface area contributed by atoms with Gasteiger partial charge >= 0.3 is 6.03 Å². The Morgan fingerprint density at radius 3 is 2.41 bits per heavy atom. The second kappa shape index (κ2) is 7.76. The van der Waals surface area contributed by atoms with E-state index in [-0.39, 0.29) is 6.03 Å². The van der Waals surface area contributed by atoms with Crippen LogP contribution in [0.4, 0.5) is 10.7 Å². The molecule has 0 atom stereocenters. The number of carbonyl (C=O) groups is 1. The van der Waals surface area contributed by atoms with Gasteiger partial charge in [0.25, 0.3) is 0 Å². The number of nitrogens with one attached hydrogen (secondary N) is 1. The highest BCUT2D eigenvalue weighted by atomic mass is 16.3. The lowest BCUT2D eigenvalue weighted by molar-refractivity contribution is 0.209. The minimum Gasteiger partial charge on any atom is -0.449 e. The number of anilines is 1. The van der Waals surface area contributed by atoms with Crippen LogP contribution in [0.3, 0.4) is 0 Å². The average molecular weight is 238 g/mol. The molecule has 0 aliphatic rings. The van der Waals surface area contributed by atoms with Gasteiger partial charge in [-0.15, -0.1) is 0 Å². The molecule has 1 aromatic heterocycles. The summed E-state index contributed by atoms with van der Waals surface area (Å²) in [5.74, 6) is 0.507. The predicted molar refractivity (Wildman–Crippen MR) is 69.1 cm³/mol. The summed E-state index contributed by atoms with van der Waals surface area (Å²) in [4.78, 5) is 13.8. The van der Waals surface area contributed by atoms with E-state index in [0.717, 1.165) is 38.8 Å². The number of nitrogens with zero attached hydrogens (tertiary/aromatic N) is 1. The zero-order valence-electron chi connectivity index (χ0n) is 10.7. The van der Waals surface area contributed by atoms with Gasteiger partial charge in [-0.2, -0.15) is 0 Å². The van der Waals surface area contributed by atoms with E-state index in [1.54, 1.807) is 18.4 Å². The molecule has 0 aliphatic heterocycles. The Kier molecular flexibility index (Phi) is 6.22. The number of amides is 2. The lowest BCUT2D eigenvalue weighted by Crippen LogP contribution is -2.36. The van der Waals surface area contributed by atoms with Crippen LogP contribution in [-0.4, -0.2) is 24.0 Å². The number of urea groups is 1. The molecule has 0 aromatic carbocycles. The van der Waals surface area contributed by atoms with E-state index in [1.165, 1.54) is 0 Å². The van der Waals surface area contributed by atoms with Crippen molar-refractivity contribution in [2.75, 3.05) is 18.4 Å². The minimum absolute atomic E-state index is 0.0677. The lowest BCUT2D eigenvalue weighted by atomic mass is 10.3. The largest absolute Gasteiger partial charge is 0.449 e. The first-order valence-corrected chi connectivity index (χ1v) is 6.37. The Morgan fingerprint density at radius 1 is 1.29 bits per heavy atom. The van der Waals surface area contributed by atoms with Crippen molar-refractivity contribution in [1.29, 1.82) is 0 Å². The van der Waals surface area contributed by atoms with E-state index in [2.05, 4.69) is 19.2 Å². The van der Waals surface area contributed by atoms with Crippen LogP contribution in [0.5, 0.6) is 0 Å². The van der Waals surface area contributed by atoms with Gasteiger partial charge in [-0.1, -0.05) is 26.7 Å². The molecule has 96 valence electrons. The third-order valence-corrected chi connectivity index (χ3v) is 2.60. The Morgan fingerprint density at radius 2 is 1.94 bits per heavy atom.